The van der Waals surface area contributed by atoms with Crippen LogP contribution in [0.5, 0.6) is 0 Å². The van der Waals surface area contributed by atoms with E-state index in [4.69, 9.17) is 4.74 Å². The van der Waals surface area contributed by atoms with Crippen molar-refractivity contribution in [3.05, 3.63) is 0 Å². The summed E-state index contributed by atoms with van der Waals surface area (Å²) < 4.78 is 5.26. The van der Waals surface area contributed by atoms with Crippen LogP contribution in [0.25, 0.3) is 0 Å². The van der Waals surface area contributed by atoms with E-state index in [2.05, 4.69) is 10.6 Å². The number of ether oxygens (including phenoxy) is 1. The van der Waals surface area contributed by atoms with Crippen molar-refractivity contribution < 1.29 is 33.8 Å². The summed E-state index contributed by atoms with van der Waals surface area (Å²) in [4.78, 5) is 65.0. The fraction of sp³-hybridized carbons (Fsp3) is 0.815. The number of amides is 5. The van der Waals surface area contributed by atoms with E-state index in [1.165, 1.54) is 6.92 Å². The summed E-state index contributed by atoms with van der Waals surface area (Å²) in [5.41, 5.74) is -2.17. The number of imide groups is 2. The zero-order valence-corrected chi connectivity index (χ0v) is 22.9. The van der Waals surface area contributed by atoms with Crippen LogP contribution >= 0.6 is 0 Å². The maximum atomic E-state index is 13.5. The molecule has 2 fully saturated rings. The molecule has 0 aromatic rings. The van der Waals surface area contributed by atoms with Crippen molar-refractivity contribution in [2.24, 2.45) is 11.8 Å². The molecular weight excluding hydrogens is 478 g/mol. The first-order chi connectivity index (χ1) is 17.4. The summed E-state index contributed by atoms with van der Waals surface area (Å²) in [6.45, 7) is 5.86. The van der Waals surface area contributed by atoms with Crippen molar-refractivity contribution in [3.63, 3.8) is 0 Å². The molecule has 2 saturated carbocycles. The van der Waals surface area contributed by atoms with Crippen LogP contribution in [0.2, 0.25) is 0 Å². The smallest absolute Gasteiger partial charge is 0.407 e. The second-order valence-corrected chi connectivity index (χ2v) is 11.7. The number of rotatable bonds is 9. The third-order valence-corrected chi connectivity index (χ3v) is 7.12. The zero-order valence-electron chi connectivity index (χ0n) is 22.9. The molecule has 0 radical (unpaired) electrons. The number of carbonyl (C=O) groups is 5. The summed E-state index contributed by atoms with van der Waals surface area (Å²) >= 11 is 0. The number of carbonyl (C=O) groups excluding carboxylic acids is 5. The van der Waals surface area contributed by atoms with E-state index in [-0.39, 0.29) is 37.1 Å². The maximum Gasteiger partial charge on any atom is 0.407 e. The fourth-order valence-electron chi connectivity index (χ4n) is 5.00. The molecule has 0 saturated heterocycles. The van der Waals surface area contributed by atoms with E-state index < -0.39 is 41.6 Å². The SMILES string of the molecule is CC(C)(C)OC(=O)NC[C@](C)(CO)N(C(=O)CCC(=O)NC(=O)C1CCCCC1)C(=O)C1CCCCC1. The van der Waals surface area contributed by atoms with Gasteiger partial charge in [0, 0.05) is 31.2 Å². The Bertz CT molecular complexity index is 826. The van der Waals surface area contributed by atoms with Gasteiger partial charge in [0.15, 0.2) is 0 Å². The predicted molar refractivity (Wildman–Crippen MR) is 137 cm³/mol. The molecule has 210 valence electrons. The van der Waals surface area contributed by atoms with Gasteiger partial charge < -0.3 is 15.2 Å². The van der Waals surface area contributed by atoms with Crippen molar-refractivity contribution >= 4 is 29.7 Å². The van der Waals surface area contributed by atoms with Gasteiger partial charge in [-0.15, -0.1) is 0 Å². The molecule has 0 spiro atoms. The number of aliphatic hydroxyl groups excluding tert-OH is 1. The Labute approximate surface area is 220 Å². The van der Waals surface area contributed by atoms with E-state index in [1.807, 2.05) is 0 Å². The second-order valence-electron chi connectivity index (χ2n) is 11.7. The molecule has 0 bridgehead atoms. The van der Waals surface area contributed by atoms with Crippen LogP contribution in [0.3, 0.4) is 0 Å². The minimum Gasteiger partial charge on any atom is -0.444 e. The van der Waals surface area contributed by atoms with E-state index in [1.54, 1.807) is 20.8 Å². The van der Waals surface area contributed by atoms with Crippen molar-refractivity contribution in [2.75, 3.05) is 13.2 Å². The molecule has 2 aliphatic carbocycles. The third-order valence-electron chi connectivity index (χ3n) is 7.12. The predicted octanol–water partition coefficient (Wildman–Crippen LogP) is 3.20. The molecule has 2 aliphatic rings. The highest BCUT2D eigenvalue weighted by Crippen LogP contribution is 2.29. The molecule has 10 heteroatoms. The van der Waals surface area contributed by atoms with Gasteiger partial charge in [0.05, 0.1) is 12.1 Å². The number of alkyl carbamates (subject to hydrolysis) is 1. The minimum absolute atomic E-state index is 0.186. The van der Waals surface area contributed by atoms with E-state index in [9.17, 15) is 29.1 Å². The summed E-state index contributed by atoms with van der Waals surface area (Å²) in [6.07, 6.45) is 7.25. The van der Waals surface area contributed by atoms with Crippen LogP contribution in [-0.4, -0.2) is 64.0 Å². The standard InChI is InChI=1S/C27H45N3O7/c1-26(2,3)37-25(36)28-17-27(4,18-31)30(24(35)20-13-9-6-10-14-20)22(33)16-15-21(32)29-23(34)19-11-7-5-8-12-19/h19-20,31H,5-18H2,1-4H3,(H,28,36)(H,29,32,34)/t27-/m1/s1. The normalized spacial score (nSPS) is 18.8. The van der Waals surface area contributed by atoms with Gasteiger partial charge in [0.25, 0.3) is 0 Å². The molecular formula is C27H45N3O7. The van der Waals surface area contributed by atoms with Crippen LogP contribution < -0.4 is 10.6 Å². The first-order valence-corrected chi connectivity index (χ1v) is 13.6. The molecule has 37 heavy (non-hydrogen) atoms. The Morgan fingerprint density at radius 3 is 1.89 bits per heavy atom. The lowest BCUT2D eigenvalue weighted by Crippen LogP contribution is -2.62. The summed E-state index contributed by atoms with van der Waals surface area (Å²) in [5.74, 6) is -2.47. The van der Waals surface area contributed by atoms with E-state index >= 15 is 0 Å². The number of aliphatic hydroxyl groups is 1. The lowest BCUT2D eigenvalue weighted by molar-refractivity contribution is -0.158. The number of hydrogen-bond acceptors (Lipinski definition) is 7. The number of nitrogens with one attached hydrogen (secondary N) is 2. The third kappa shape index (κ3) is 9.72. The lowest BCUT2D eigenvalue weighted by Gasteiger charge is -2.41. The number of nitrogens with zero attached hydrogens (tertiary/aromatic N) is 1. The van der Waals surface area contributed by atoms with E-state index in [0.29, 0.717) is 12.8 Å². The molecule has 0 unspecified atom stereocenters. The van der Waals surface area contributed by atoms with Crippen LogP contribution in [0.15, 0.2) is 0 Å². The van der Waals surface area contributed by atoms with Gasteiger partial charge in [-0.2, -0.15) is 0 Å². The van der Waals surface area contributed by atoms with Gasteiger partial charge in [0.1, 0.15) is 5.60 Å². The Morgan fingerprint density at radius 1 is 0.838 bits per heavy atom. The van der Waals surface area contributed by atoms with Gasteiger partial charge in [-0.25, -0.2) is 4.79 Å². The van der Waals surface area contributed by atoms with Crippen LogP contribution in [-0.2, 0) is 23.9 Å². The van der Waals surface area contributed by atoms with Crippen LogP contribution in [0.1, 0.15) is 105 Å². The average molecular weight is 524 g/mol. The van der Waals surface area contributed by atoms with Crippen molar-refractivity contribution in [3.8, 4) is 0 Å². The van der Waals surface area contributed by atoms with Crippen molar-refractivity contribution in [1.29, 1.82) is 0 Å². The largest absolute Gasteiger partial charge is 0.444 e. The van der Waals surface area contributed by atoms with Gasteiger partial charge in [-0.05, 0) is 53.4 Å². The Hall–Kier alpha value is -2.49. The highest BCUT2D eigenvalue weighted by Gasteiger charge is 2.42. The summed E-state index contributed by atoms with van der Waals surface area (Å²) in [7, 11) is 0. The second kappa shape index (κ2) is 13.9. The molecule has 10 nitrogen and oxygen atoms in total. The molecule has 2 rings (SSSR count). The van der Waals surface area contributed by atoms with Gasteiger partial charge in [-0.1, -0.05) is 38.5 Å². The lowest BCUT2D eigenvalue weighted by atomic mass is 9.86. The summed E-state index contributed by atoms with van der Waals surface area (Å²) in [6, 6.07) is 0. The molecule has 5 amide bonds. The first kappa shape index (κ1) is 30.7. The highest BCUT2D eigenvalue weighted by atomic mass is 16.6. The molecule has 0 aliphatic heterocycles. The van der Waals surface area contributed by atoms with Crippen molar-refractivity contribution in [1.82, 2.24) is 15.5 Å². The molecule has 0 aromatic carbocycles. The average Bonchev–Trinajstić information content (AvgIpc) is 2.86. The van der Waals surface area contributed by atoms with Crippen LogP contribution in [0.4, 0.5) is 4.79 Å². The zero-order chi connectivity index (χ0) is 27.6. The van der Waals surface area contributed by atoms with Gasteiger partial charge in [0.2, 0.25) is 23.6 Å². The Balaban J connectivity index is 2.10. The van der Waals surface area contributed by atoms with Gasteiger partial charge >= 0.3 is 6.09 Å². The topological polar surface area (TPSA) is 142 Å². The monoisotopic (exact) mass is 523 g/mol. The quantitative estimate of drug-likeness (QED) is 0.421. The highest BCUT2D eigenvalue weighted by molar-refractivity contribution is 6.00. The van der Waals surface area contributed by atoms with E-state index in [0.717, 1.165) is 56.3 Å². The van der Waals surface area contributed by atoms with Crippen molar-refractivity contribution in [2.45, 2.75) is 116 Å². The van der Waals surface area contributed by atoms with Gasteiger partial charge in [-0.3, -0.25) is 29.4 Å². The molecule has 1 atom stereocenters. The first-order valence-electron chi connectivity index (χ1n) is 13.6. The molecule has 0 heterocycles. The Kier molecular flexibility index (Phi) is 11.5. The number of hydrogen-bond donors (Lipinski definition) is 3. The maximum absolute atomic E-state index is 13.5. The summed E-state index contributed by atoms with van der Waals surface area (Å²) in [5, 5.41) is 15.2. The molecule has 3 N–H and O–H groups in total. The Morgan fingerprint density at radius 2 is 1.38 bits per heavy atom. The fourth-order valence-corrected chi connectivity index (χ4v) is 5.00. The van der Waals surface area contributed by atoms with Crippen LogP contribution in [0, 0.1) is 11.8 Å². The molecule has 0 aromatic heterocycles. The minimum atomic E-state index is -1.43.